The van der Waals surface area contributed by atoms with Gasteiger partial charge in [-0.25, -0.2) is 13.4 Å². The summed E-state index contributed by atoms with van der Waals surface area (Å²) in [6.45, 7) is 4.91. The maximum atomic E-state index is 13.8. The van der Waals surface area contributed by atoms with Crippen molar-refractivity contribution in [3.05, 3.63) is 71.7 Å². The molecule has 0 saturated carbocycles. The van der Waals surface area contributed by atoms with Crippen LogP contribution in [0.3, 0.4) is 0 Å². The van der Waals surface area contributed by atoms with Crippen molar-refractivity contribution < 1.29 is 22.4 Å². The summed E-state index contributed by atoms with van der Waals surface area (Å²) >= 11 is 1.50. The van der Waals surface area contributed by atoms with E-state index >= 15 is 0 Å². The van der Waals surface area contributed by atoms with Gasteiger partial charge < -0.3 is 9.15 Å². The van der Waals surface area contributed by atoms with Gasteiger partial charge >= 0.3 is 0 Å². The van der Waals surface area contributed by atoms with E-state index in [-0.39, 0.29) is 36.4 Å². The molecule has 0 radical (unpaired) electrons. The molecule has 0 unspecified atom stereocenters. The van der Waals surface area contributed by atoms with Gasteiger partial charge in [0, 0.05) is 19.0 Å². The Balaban J connectivity index is 1.36. The molecule has 1 saturated heterocycles. The highest BCUT2D eigenvalue weighted by Gasteiger charge is 2.35. The number of hydrogen-bond acceptors (Lipinski definition) is 7. The van der Waals surface area contributed by atoms with Gasteiger partial charge in [0.2, 0.25) is 15.9 Å². The molecule has 0 spiro atoms. The summed E-state index contributed by atoms with van der Waals surface area (Å²) in [5.41, 5.74) is 3.12. The summed E-state index contributed by atoms with van der Waals surface area (Å²) in [5.74, 6) is 0.888. The largest absolute Gasteiger partial charge is 0.497 e. The average molecular weight is 540 g/mol. The first-order valence-corrected chi connectivity index (χ1v) is 14.4. The number of aromatic nitrogens is 1. The number of sulfonamides is 1. The first kappa shape index (κ1) is 25.4. The number of carbonyl (C=O) groups excluding carboxylic acids is 1. The molecule has 194 valence electrons. The Kier molecular flexibility index (Phi) is 7.06. The Morgan fingerprint density at radius 3 is 2.54 bits per heavy atom. The predicted molar refractivity (Wildman–Crippen MR) is 143 cm³/mol. The van der Waals surface area contributed by atoms with E-state index in [2.05, 4.69) is 13.0 Å². The van der Waals surface area contributed by atoms with E-state index in [0.717, 1.165) is 21.3 Å². The lowest BCUT2D eigenvalue weighted by atomic mass is 9.96. The Morgan fingerprint density at radius 1 is 1.16 bits per heavy atom. The Bertz CT molecular complexity index is 1500. The fourth-order valence-corrected chi connectivity index (χ4v) is 7.23. The third kappa shape index (κ3) is 5.14. The fraction of sp³-hybridized carbons (Fsp3) is 0.333. The molecule has 37 heavy (non-hydrogen) atoms. The monoisotopic (exact) mass is 539 g/mol. The van der Waals surface area contributed by atoms with Gasteiger partial charge in [-0.2, -0.15) is 4.31 Å². The summed E-state index contributed by atoms with van der Waals surface area (Å²) in [7, 11) is -2.11. The summed E-state index contributed by atoms with van der Waals surface area (Å²) in [6.07, 6.45) is 2.46. The first-order chi connectivity index (χ1) is 17.8. The predicted octanol–water partition coefficient (Wildman–Crippen LogP) is 5.15. The third-order valence-electron chi connectivity index (χ3n) is 6.70. The van der Waals surface area contributed by atoms with Crippen molar-refractivity contribution in [1.29, 1.82) is 0 Å². The quantitative estimate of drug-likeness (QED) is 0.323. The molecule has 0 bridgehead atoms. The van der Waals surface area contributed by atoms with Crippen molar-refractivity contribution in [2.24, 2.45) is 5.92 Å². The second-order valence-corrected chi connectivity index (χ2v) is 12.2. The number of aryl methyl sites for hydroxylation is 2. The number of anilines is 1. The van der Waals surface area contributed by atoms with E-state index < -0.39 is 10.0 Å². The second kappa shape index (κ2) is 10.3. The molecule has 2 aromatic heterocycles. The highest BCUT2D eigenvalue weighted by atomic mass is 32.2. The first-order valence-electron chi connectivity index (χ1n) is 12.1. The van der Waals surface area contributed by atoms with Crippen LogP contribution in [0, 0.1) is 19.8 Å². The molecule has 0 atom stereocenters. The minimum Gasteiger partial charge on any atom is -0.497 e. The second-order valence-electron chi connectivity index (χ2n) is 9.28. The van der Waals surface area contributed by atoms with Gasteiger partial charge in [0.15, 0.2) is 5.13 Å². The number of thiazole rings is 1. The lowest BCUT2D eigenvalue weighted by molar-refractivity contribution is -0.123. The molecule has 8 nitrogen and oxygen atoms in total. The van der Waals surface area contributed by atoms with Crippen LogP contribution in [0.1, 0.15) is 29.7 Å². The molecule has 4 aromatic rings. The van der Waals surface area contributed by atoms with Crippen LogP contribution in [0.2, 0.25) is 0 Å². The number of fused-ring (bicyclic) bond motifs is 1. The summed E-state index contributed by atoms with van der Waals surface area (Å²) in [5, 5.41) is 0.624. The summed E-state index contributed by atoms with van der Waals surface area (Å²) in [4.78, 5) is 20.5. The number of hydrogen-bond donors (Lipinski definition) is 0. The maximum Gasteiger partial charge on any atom is 0.243 e. The van der Waals surface area contributed by atoms with Crippen LogP contribution in [0.15, 0.2) is 64.1 Å². The van der Waals surface area contributed by atoms with Crippen molar-refractivity contribution in [1.82, 2.24) is 9.29 Å². The van der Waals surface area contributed by atoms with Crippen molar-refractivity contribution in [3.63, 3.8) is 0 Å². The van der Waals surface area contributed by atoms with E-state index in [1.54, 1.807) is 41.5 Å². The van der Waals surface area contributed by atoms with Gasteiger partial charge in [0.1, 0.15) is 11.5 Å². The van der Waals surface area contributed by atoms with Crippen LogP contribution in [-0.2, 0) is 21.4 Å². The van der Waals surface area contributed by atoms with E-state index in [1.165, 1.54) is 22.8 Å². The minimum absolute atomic E-state index is 0.0636. The van der Waals surface area contributed by atoms with E-state index in [4.69, 9.17) is 14.1 Å². The molecule has 0 N–H and O–H groups in total. The van der Waals surface area contributed by atoms with Crippen molar-refractivity contribution in [2.75, 3.05) is 25.1 Å². The van der Waals surface area contributed by atoms with Crippen molar-refractivity contribution in [3.8, 4) is 5.75 Å². The number of amides is 1. The van der Waals surface area contributed by atoms with Crippen molar-refractivity contribution in [2.45, 2.75) is 38.1 Å². The number of piperidine rings is 1. The average Bonchev–Trinajstić information content (AvgIpc) is 3.57. The molecule has 1 aliphatic rings. The van der Waals surface area contributed by atoms with Crippen LogP contribution in [0.25, 0.3) is 10.2 Å². The number of ether oxygens (including phenoxy) is 1. The highest BCUT2D eigenvalue weighted by Crippen LogP contribution is 2.35. The summed E-state index contributed by atoms with van der Waals surface area (Å²) in [6, 6.07) is 14.1. The minimum atomic E-state index is -3.65. The lowest BCUT2D eigenvalue weighted by Gasteiger charge is -2.32. The molecule has 3 heterocycles. The molecule has 5 rings (SSSR count). The molecular weight excluding hydrogens is 510 g/mol. The molecule has 0 aliphatic carbocycles. The lowest BCUT2D eigenvalue weighted by Crippen LogP contribution is -2.44. The van der Waals surface area contributed by atoms with Crippen LogP contribution in [0.4, 0.5) is 5.13 Å². The van der Waals surface area contributed by atoms with E-state index in [9.17, 15) is 13.2 Å². The number of methoxy groups -OCH3 is 1. The Morgan fingerprint density at radius 2 is 1.89 bits per heavy atom. The fourth-order valence-electron chi connectivity index (χ4n) is 4.74. The topological polar surface area (TPSA) is 93.0 Å². The number of furan rings is 1. The SMILES string of the molecule is COc1ccc(S(=O)(=O)N2CCC(C(=O)N(Cc3ccco3)c3nc4cc(C)cc(C)c4s3)CC2)cc1. The van der Waals surface area contributed by atoms with E-state index in [0.29, 0.717) is 29.5 Å². The number of carbonyl (C=O) groups is 1. The Labute approximate surface area is 220 Å². The number of rotatable bonds is 7. The molecule has 1 aliphatic heterocycles. The molecule has 2 aromatic carbocycles. The van der Waals surface area contributed by atoms with E-state index in [1.807, 2.05) is 19.1 Å². The summed E-state index contributed by atoms with van der Waals surface area (Å²) < 4.78 is 39.5. The molecule has 1 fully saturated rings. The van der Waals surface area contributed by atoms with Gasteiger partial charge in [-0.3, -0.25) is 9.69 Å². The van der Waals surface area contributed by atoms with Crippen LogP contribution in [-0.4, -0.2) is 43.8 Å². The zero-order valence-corrected chi connectivity index (χ0v) is 22.6. The van der Waals surface area contributed by atoms with Gasteiger partial charge in [-0.15, -0.1) is 0 Å². The Hall–Kier alpha value is -3.21. The smallest absolute Gasteiger partial charge is 0.243 e. The van der Waals surface area contributed by atoms with Crippen molar-refractivity contribution >= 4 is 42.6 Å². The molecular formula is C27H29N3O5S2. The zero-order valence-electron chi connectivity index (χ0n) is 21.0. The van der Waals surface area contributed by atoms with Gasteiger partial charge in [-0.05, 0) is 80.3 Å². The maximum absolute atomic E-state index is 13.8. The number of nitrogens with zero attached hydrogens (tertiary/aromatic N) is 3. The normalized spacial score (nSPS) is 15.2. The van der Waals surface area contributed by atoms with Crippen LogP contribution in [0.5, 0.6) is 5.75 Å². The van der Waals surface area contributed by atoms with Crippen LogP contribution < -0.4 is 9.64 Å². The van der Waals surface area contributed by atoms with Gasteiger partial charge in [-0.1, -0.05) is 17.4 Å². The highest BCUT2D eigenvalue weighted by molar-refractivity contribution is 7.89. The zero-order chi connectivity index (χ0) is 26.2. The third-order valence-corrected chi connectivity index (χ3v) is 9.84. The van der Waals surface area contributed by atoms with Crippen LogP contribution >= 0.6 is 11.3 Å². The number of benzene rings is 2. The standard InChI is InChI=1S/C27H29N3O5S2/c1-18-15-19(2)25-24(16-18)28-27(36-25)30(17-22-5-4-14-35-22)26(31)20-10-12-29(13-11-20)37(32,33)23-8-6-21(34-3)7-9-23/h4-9,14-16,20H,10-13,17H2,1-3H3. The molecule has 1 amide bonds. The van der Waals surface area contributed by atoms with Gasteiger partial charge in [0.25, 0.3) is 0 Å². The molecule has 10 heteroatoms. The van der Waals surface area contributed by atoms with Gasteiger partial charge in [0.05, 0.1) is 35.0 Å².